The van der Waals surface area contributed by atoms with Crippen LogP contribution in [0.25, 0.3) is 0 Å². The van der Waals surface area contributed by atoms with Crippen molar-refractivity contribution in [3.63, 3.8) is 0 Å². The number of halogens is 3. The first-order valence-electron chi connectivity index (χ1n) is 8.91. The second-order valence-electron chi connectivity index (χ2n) is 7.16. The Labute approximate surface area is 167 Å². The fourth-order valence-electron chi connectivity index (χ4n) is 3.34. The van der Waals surface area contributed by atoms with Gasteiger partial charge in [0.15, 0.2) is 0 Å². The zero-order chi connectivity index (χ0) is 20.5. The van der Waals surface area contributed by atoms with Crippen LogP contribution in [0, 0.1) is 0 Å². The molecule has 0 aliphatic carbocycles. The summed E-state index contributed by atoms with van der Waals surface area (Å²) in [6.07, 6.45) is 0.460. The van der Waals surface area contributed by atoms with Crippen molar-refractivity contribution in [2.45, 2.75) is 31.3 Å². The van der Waals surface area contributed by atoms with Crippen LogP contribution in [-0.2, 0) is 11.5 Å². The second-order valence-corrected chi connectivity index (χ2v) is 7.56. The van der Waals surface area contributed by atoms with Gasteiger partial charge < -0.3 is 21.1 Å². The molecule has 2 aromatic rings. The molecule has 0 aromatic heterocycles. The highest BCUT2D eigenvalue weighted by Gasteiger charge is 2.37. The number of aliphatic hydroxyl groups is 1. The monoisotopic (exact) mass is 409 g/mol. The predicted molar refractivity (Wildman–Crippen MR) is 106 cm³/mol. The molecule has 0 spiro atoms. The molecule has 0 unspecified atom stereocenters. The molecule has 0 saturated carbocycles. The number of rotatable bonds is 3. The van der Waals surface area contributed by atoms with Crippen molar-refractivity contribution in [3.8, 4) is 0 Å². The summed E-state index contributed by atoms with van der Waals surface area (Å²) < 4.78 is 27.5. The Morgan fingerprint density at radius 3 is 2.54 bits per heavy atom. The van der Waals surface area contributed by atoms with Crippen molar-refractivity contribution in [3.05, 3.63) is 58.6 Å². The standard InChI is InChI=1S/C20H22ClF2N3O2/c1-19(22,23)16-11-13(5-6-17(16)21)20(28)7-9-26(10-8-20)18(27)25-15-4-2-3-14(24)12-15/h2-6,11-12,28H,7-10,24H2,1H3,(H,25,27). The Morgan fingerprint density at radius 1 is 1.25 bits per heavy atom. The van der Waals surface area contributed by atoms with Crippen LogP contribution in [0.2, 0.25) is 5.02 Å². The summed E-state index contributed by atoms with van der Waals surface area (Å²) in [6.45, 7) is 1.33. The van der Waals surface area contributed by atoms with E-state index < -0.39 is 11.5 Å². The van der Waals surface area contributed by atoms with Crippen LogP contribution in [0.5, 0.6) is 0 Å². The van der Waals surface area contributed by atoms with Crippen molar-refractivity contribution in [2.24, 2.45) is 0 Å². The molecular weight excluding hydrogens is 388 g/mol. The first-order chi connectivity index (χ1) is 13.1. The van der Waals surface area contributed by atoms with Gasteiger partial charge in [0.1, 0.15) is 0 Å². The number of nitrogens with zero attached hydrogens (tertiary/aromatic N) is 1. The summed E-state index contributed by atoms with van der Waals surface area (Å²) in [6, 6.07) is 10.7. The average Bonchev–Trinajstić information content (AvgIpc) is 2.61. The van der Waals surface area contributed by atoms with E-state index in [1.54, 1.807) is 35.2 Å². The molecule has 2 aromatic carbocycles. The third kappa shape index (κ3) is 4.36. The average molecular weight is 410 g/mol. The molecule has 28 heavy (non-hydrogen) atoms. The number of urea groups is 1. The molecule has 1 saturated heterocycles. The van der Waals surface area contributed by atoms with Gasteiger partial charge in [-0.3, -0.25) is 0 Å². The fourth-order valence-corrected chi connectivity index (χ4v) is 3.62. The second kappa shape index (κ2) is 7.56. The van der Waals surface area contributed by atoms with Gasteiger partial charge >= 0.3 is 6.03 Å². The number of benzene rings is 2. The van der Waals surface area contributed by atoms with Gasteiger partial charge in [0.2, 0.25) is 0 Å². The van der Waals surface area contributed by atoms with Crippen LogP contribution in [-0.4, -0.2) is 29.1 Å². The Morgan fingerprint density at radius 2 is 1.93 bits per heavy atom. The highest BCUT2D eigenvalue weighted by atomic mass is 35.5. The maximum Gasteiger partial charge on any atom is 0.321 e. The van der Waals surface area contributed by atoms with Gasteiger partial charge in [-0.25, -0.2) is 13.6 Å². The van der Waals surface area contributed by atoms with Gasteiger partial charge in [-0.1, -0.05) is 23.7 Å². The van der Waals surface area contributed by atoms with Crippen LogP contribution in [0.1, 0.15) is 30.9 Å². The number of amides is 2. The van der Waals surface area contributed by atoms with Crippen LogP contribution >= 0.6 is 11.6 Å². The molecule has 1 aliphatic heterocycles. The summed E-state index contributed by atoms with van der Waals surface area (Å²) in [7, 11) is 0. The number of anilines is 2. The number of hydrogen-bond donors (Lipinski definition) is 3. The summed E-state index contributed by atoms with van der Waals surface area (Å²) >= 11 is 5.89. The number of carbonyl (C=O) groups is 1. The number of likely N-dealkylation sites (tertiary alicyclic amines) is 1. The van der Waals surface area contributed by atoms with Gasteiger partial charge in [-0.2, -0.15) is 0 Å². The number of carbonyl (C=O) groups excluding carboxylic acids is 1. The van der Waals surface area contributed by atoms with E-state index in [-0.39, 0.29) is 42.5 Å². The normalized spacial score (nSPS) is 16.7. The van der Waals surface area contributed by atoms with E-state index in [2.05, 4.69) is 5.32 Å². The Hall–Kier alpha value is -2.38. The quantitative estimate of drug-likeness (QED) is 0.651. The molecule has 3 rings (SSSR count). The minimum atomic E-state index is -3.11. The lowest BCUT2D eigenvalue weighted by Gasteiger charge is -2.38. The molecule has 150 valence electrons. The summed E-state index contributed by atoms with van der Waals surface area (Å²) in [5, 5.41) is 13.7. The topological polar surface area (TPSA) is 78.6 Å². The molecule has 1 fully saturated rings. The molecule has 0 bridgehead atoms. The van der Waals surface area contributed by atoms with Crippen LogP contribution in [0.15, 0.2) is 42.5 Å². The third-order valence-corrected chi connectivity index (χ3v) is 5.32. The van der Waals surface area contributed by atoms with E-state index in [0.29, 0.717) is 16.9 Å². The fraction of sp³-hybridized carbons (Fsp3) is 0.350. The van der Waals surface area contributed by atoms with Gasteiger partial charge in [0.25, 0.3) is 5.92 Å². The van der Waals surface area contributed by atoms with Crippen molar-refractivity contribution >= 4 is 29.0 Å². The maximum absolute atomic E-state index is 13.8. The van der Waals surface area contributed by atoms with Crippen LogP contribution in [0.4, 0.5) is 25.0 Å². The Bertz CT molecular complexity index is 878. The Balaban J connectivity index is 1.69. The molecule has 1 heterocycles. The van der Waals surface area contributed by atoms with E-state index in [9.17, 15) is 18.7 Å². The highest BCUT2D eigenvalue weighted by Crippen LogP contribution is 2.39. The van der Waals surface area contributed by atoms with E-state index in [1.807, 2.05) is 0 Å². The lowest BCUT2D eigenvalue weighted by molar-refractivity contribution is -0.0167. The van der Waals surface area contributed by atoms with E-state index in [0.717, 1.165) is 6.92 Å². The van der Waals surface area contributed by atoms with Crippen molar-refractivity contribution < 1.29 is 18.7 Å². The largest absolute Gasteiger partial charge is 0.399 e. The zero-order valence-corrected chi connectivity index (χ0v) is 16.1. The minimum absolute atomic E-state index is 0.0428. The minimum Gasteiger partial charge on any atom is -0.399 e. The highest BCUT2D eigenvalue weighted by molar-refractivity contribution is 6.31. The number of nitrogen functional groups attached to an aromatic ring is 1. The van der Waals surface area contributed by atoms with E-state index >= 15 is 0 Å². The zero-order valence-electron chi connectivity index (χ0n) is 15.4. The van der Waals surface area contributed by atoms with Crippen molar-refractivity contribution in [1.29, 1.82) is 0 Å². The van der Waals surface area contributed by atoms with Crippen LogP contribution < -0.4 is 11.1 Å². The van der Waals surface area contributed by atoms with Gasteiger partial charge in [0, 0.05) is 42.0 Å². The molecular formula is C20H22ClF2N3O2. The number of nitrogens with one attached hydrogen (secondary N) is 1. The summed E-state index contributed by atoms with van der Waals surface area (Å²) in [5.41, 5.74) is 5.59. The van der Waals surface area contributed by atoms with Gasteiger partial charge in [0.05, 0.1) is 5.60 Å². The molecule has 1 aliphatic rings. The van der Waals surface area contributed by atoms with Crippen LogP contribution in [0.3, 0.4) is 0 Å². The molecule has 0 radical (unpaired) electrons. The molecule has 8 heteroatoms. The van der Waals surface area contributed by atoms with E-state index in [4.69, 9.17) is 17.3 Å². The SMILES string of the molecule is CC(F)(F)c1cc(C2(O)CCN(C(=O)Nc3cccc(N)c3)CC2)ccc1Cl. The maximum atomic E-state index is 13.8. The molecule has 0 atom stereocenters. The molecule has 4 N–H and O–H groups in total. The number of nitrogens with two attached hydrogens (primary N) is 1. The van der Waals surface area contributed by atoms with Crippen molar-refractivity contribution in [2.75, 3.05) is 24.1 Å². The van der Waals surface area contributed by atoms with E-state index in [1.165, 1.54) is 12.1 Å². The van der Waals surface area contributed by atoms with Gasteiger partial charge in [-0.05, 0) is 48.7 Å². The third-order valence-electron chi connectivity index (χ3n) is 4.99. The van der Waals surface area contributed by atoms with Gasteiger partial charge in [-0.15, -0.1) is 0 Å². The summed E-state index contributed by atoms with van der Waals surface area (Å²) in [4.78, 5) is 14.0. The first kappa shape index (κ1) is 20.4. The predicted octanol–water partition coefficient (Wildman–Crippen LogP) is 4.55. The smallest absolute Gasteiger partial charge is 0.321 e. The van der Waals surface area contributed by atoms with Crippen molar-refractivity contribution in [1.82, 2.24) is 4.90 Å². The first-order valence-corrected chi connectivity index (χ1v) is 9.28. The number of piperidine rings is 1. The summed E-state index contributed by atoms with van der Waals surface area (Å²) in [5.74, 6) is -3.11. The molecule has 2 amide bonds. The number of alkyl halides is 2. The lowest BCUT2D eigenvalue weighted by Crippen LogP contribution is -2.46. The Kier molecular flexibility index (Phi) is 5.50. The molecule has 5 nitrogen and oxygen atoms in total. The number of hydrogen-bond acceptors (Lipinski definition) is 3. The lowest BCUT2D eigenvalue weighted by atomic mass is 9.83.